The van der Waals surface area contributed by atoms with Crippen LogP contribution < -0.4 is 0 Å². The van der Waals surface area contributed by atoms with Crippen molar-refractivity contribution in [1.29, 1.82) is 0 Å². The maximum absolute atomic E-state index is 11.9. The maximum atomic E-state index is 11.9. The summed E-state index contributed by atoms with van der Waals surface area (Å²) in [6.07, 6.45) is 1.84. The topological polar surface area (TPSA) is 37.4 Å². The number of rotatable bonds is 2. The highest BCUT2D eigenvalue weighted by Gasteiger charge is 2.36. The van der Waals surface area contributed by atoms with Crippen LogP contribution >= 0.6 is 0 Å². The summed E-state index contributed by atoms with van der Waals surface area (Å²) < 4.78 is 25.4. The van der Waals surface area contributed by atoms with Crippen LogP contribution in [-0.2, 0) is 10.0 Å². The first-order valence-electron chi connectivity index (χ1n) is 4.99. The third-order valence-corrected chi connectivity index (χ3v) is 5.44. The largest absolute Gasteiger partial charge is 0.217 e. The summed E-state index contributed by atoms with van der Waals surface area (Å²) in [5, 5.41) is -0.152. The Kier molecular flexibility index (Phi) is 3.35. The molecule has 0 aromatic carbocycles. The molecule has 4 heteroatoms. The van der Waals surface area contributed by atoms with Gasteiger partial charge in [0.25, 0.3) is 0 Å². The molecule has 1 heterocycles. The normalized spacial score (nSPS) is 29.4. The molecule has 13 heavy (non-hydrogen) atoms. The summed E-state index contributed by atoms with van der Waals surface area (Å²) >= 11 is 0. The standard InChI is InChI=1S/C9H19NO2S/c1-4-10-7-5-6-9(8(2)3)13(10,11)12/h8-9H,4-7H2,1-3H3. The van der Waals surface area contributed by atoms with Crippen LogP contribution in [0.25, 0.3) is 0 Å². The monoisotopic (exact) mass is 205 g/mol. The highest BCUT2D eigenvalue weighted by atomic mass is 32.2. The van der Waals surface area contributed by atoms with Gasteiger partial charge in [-0.15, -0.1) is 0 Å². The molecule has 0 N–H and O–H groups in total. The summed E-state index contributed by atoms with van der Waals surface area (Å²) in [4.78, 5) is 0. The summed E-state index contributed by atoms with van der Waals surface area (Å²) in [7, 11) is -2.98. The van der Waals surface area contributed by atoms with Crippen molar-refractivity contribution in [1.82, 2.24) is 4.31 Å². The zero-order valence-electron chi connectivity index (χ0n) is 8.66. The van der Waals surface area contributed by atoms with Gasteiger partial charge in [-0.25, -0.2) is 12.7 Å². The Morgan fingerprint density at radius 2 is 2.08 bits per heavy atom. The van der Waals surface area contributed by atoms with Crippen molar-refractivity contribution in [2.75, 3.05) is 13.1 Å². The molecule has 1 aliphatic rings. The summed E-state index contributed by atoms with van der Waals surface area (Å²) in [6, 6.07) is 0. The molecule has 1 fully saturated rings. The molecule has 0 aliphatic carbocycles. The van der Waals surface area contributed by atoms with E-state index in [0.717, 1.165) is 12.8 Å². The van der Waals surface area contributed by atoms with Gasteiger partial charge in [0.2, 0.25) is 10.0 Å². The van der Waals surface area contributed by atoms with Gasteiger partial charge in [-0.1, -0.05) is 20.8 Å². The van der Waals surface area contributed by atoms with Crippen LogP contribution in [0.1, 0.15) is 33.6 Å². The molecule has 0 bridgehead atoms. The van der Waals surface area contributed by atoms with Crippen LogP contribution in [0.3, 0.4) is 0 Å². The van der Waals surface area contributed by atoms with Crippen molar-refractivity contribution >= 4 is 10.0 Å². The van der Waals surface area contributed by atoms with Gasteiger partial charge in [0.15, 0.2) is 0 Å². The van der Waals surface area contributed by atoms with E-state index in [1.807, 2.05) is 20.8 Å². The van der Waals surface area contributed by atoms with Gasteiger partial charge >= 0.3 is 0 Å². The molecular formula is C9H19NO2S. The lowest BCUT2D eigenvalue weighted by Gasteiger charge is -2.33. The fourth-order valence-corrected chi connectivity index (χ4v) is 4.23. The highest BCUT2D eigenvalue weighted by Crippen LogP contribution is 2.26. The number of hydrogen-bond donors (Lipinski definition) is 0. The van der Waals surface area contributed by atoms with Gasteiger partial charge in [0, 0.05) is 13.1 Å². The van der Waals surface area contributed by atoms with Crippen molar-refractivity contribution in [3.8, 4) is 0 Å². The van der Waals surface area contributed by atoms with Gasteiger partial charge in [-0.3, -0.25) is 0 Å². The zero-order chi connectivity index (χ0) is 10.1. The molecule has 1 atom stereocenters. The van der Waals surface area contributed by atoms with Gasteiger partial charge in [-0.2, -0.15) is 0 Å². The Hall–Kier alpha value is -0.0900. The summed E-state index contributed by atoms with van der Waals surface area (Å²) in [6.45, 7) is 7.20. The average molecular weight is 205 g/mol. The molecule has 0 aromatic heterocycles. The predicted octanol–water partition coefficient (Wildman–Crippen LogP) is 1.46. The van der Waals surface area contributed by atoms with E-state index < -0.39 is 10.0 Å². The molecule has 1 aliphatic heterocycles. The maximum Gasteiger partial charge on any atom is 0.217 e. The van der Waals surface area contributed by atoms with Crippen LogP contribution in [-0.4, -0.2) is 31.1 Å². The Morgan fingerprint density at radius 1 is 1.46 bits per heavy atom. The minimum absolute atomic E-state index is 0.152. The molecule has 0 radical (unpaired) electrons. The van der Waals surface area contributed by atoms with Crippen LogP contribution in [0.15, 0.2) is 0 Å². The lowest BCUT2D eigenvalue weighted by atomic mass is 10.1. The quantitative estimate of drug-likeness (QED) is 0.684. The average Bonchev–Trinajstić information content (AvgIpc) is 2.02. The first kappa shape index (κ1) is 11.0. The SMILES string of the molecule is CCN1CCCC(C(C)C)S1(=O)=O. The van der Waals surface area contributed by atoms with E-state index in [0.29, 0.717) is 13.1 Å². The van der Waals surface area contributed by atoms with Gasteiger partial charge in [0.05, 0.1) is 5.25 Å². The molecule has 0 amide bonds. The summed E-state index contributed by atoms with van der Waals surface area (Å²) in [5.74, 6) is 0.236. The van der Waals surface area contributed by atoms with E-state index in [4.69, 9.17) is 0 Å². The smallest absolute Gasteiger partial charge is 0.212 e. The van der Waals surface area contributed by atoms with Gasteiger partial charge < -0.3 is 0 Å². The van der Waals surface area contributed by atoms with Gasteiger partial charge in [-0.05, 0) is 18.8 Å². The van der Waals surface area contributed by atoms with E-state index in [2.05, 4.69) is 0 Å². The van der Waals surface area contributed by atoms with Crippen LogP contribution in [0.2, 0.25) is 0 Å². The Bertz CT molecular complexity index is 259. The Balaban J connectivity index is 2.88. The van der Waals surface area contributed by atoms with Gasteiger partial charge in [0.1, 0.15) is 0 Å². The van der Waals surface area contributed by atoms with E-state index in [-0.39, 0.29) is 11.2 Å². The highest BCUT2D eigenvalue weighted by molar-refractivity contribution is 7.89. The minimum Gasteiger partial charge on any atom is -0.212 e. The number of nitrogens with zero attached hydrogens (tertiary/aromatic N) is 1. The molecule has 1 rings (SSSR count). The lowest BCUT2D eigenvalue weighted by molar-refractivity contribution is 0.353. The predicted molar refractivity (Wildman–Crippen MR) is 54.0 cm³/mol. The third-order valence-electron chi connectivity index (χ3n) is 2.73. The van der Waals surface area contributed by atoms with Crippen molar-refractivity contribution in [2.45, 2.75) is 38.9 Å². The molecule has 0 saturated carbocycles. The Labute approximate surface area is 81.2 Å². The summed E-state index contributed by atoms with van der Waals surface area (Å²) in [5.41, 5.74) is 0. The minimum atomic E-state index is -2.98. The van der Waals surface area contributed by atoms with E-state index in [9.17, 15) is 8.42 Å². The van der Waals surface area contributed by atoms with Crippen LogP contribution in [0.4, 0.5) is 0 Å². The van der Waals surface area contributed by atoms with Crippen molar-refractivity contribution in [3.63, 3.8) is 0 Å². The van der Waals surface area contributed by atoms with Crippen molar-refractivity contribution < 1.29 is 8.42 Å². The van der Waals surface area contributed by atoms with E-state index in [1.54, 1.807) is 4.31 Å². The molecule has 0 aromatic rings. The molecule has 3 nitrogen and oxygen atoms in total. The van der Waals surface area contributed by atoms with Crippen molar-refractivity contribution in [2.24, 2.45) is 5.92 Å². The molecule has 0 spiro atoms. The van der Waals surface area contributed by atoms with Crippen molar-refractivity contribution in [3.05, 3.63) is 0 Å². The van der Waals surface area contributed by atoms with E-state index >= 15 is 0 Å². The second-order valence-electron chi connectivity index (χ2n) is 3.96. The number of hydrogen-bond acceptors (Lipinski definition) is 2. The lowest BCUT2D eigenvalue weighted by Crippen LogP contribution is -2.45. The first-order chi connectivity index (χ1) is 6.00. The van der Waals surface area contributed by atoms with E-state index in [1.165, 1.54) is 0 Å². The zero-order valence-corrected chi connectivity index (χ0v) is 9.47. The first-order valence-corrected chi connectivity index (χ1v) is 6.49. The van der Waals surface area contributed by atoms with Crippen LogP contribution in [0.5, 0.6) is 0 Å². The molecule has 1 saturated heterocycles. The fraction of sp³-hybridized carbons (Fsp3) is 1.00. The fourth-order valence-electron chi connectivity index (χ4n) is 1.95. The third kappa shape index (κ3) is 2.05. The number of sulfonamides is 1. The molecule has 78 valence electrons. The Morgan fingerprint density at radius 3 is 2.54 bits per heavy atom. The molecular weight excluding hydrogens is 186 g/mol. The van der Waals surface area contributed by atoms with Crippen LogP contribution in [0, 0.1) is 5.92 Å². The molecule has 1 unspecified atom stereocenters. The second kappa shape index (κ2) is 3.96. The second-order valence-corrected chi connectivity index (χ2v) is 6.11.